The summed E-state index contributed by atoms with van der Waals surface area (Å²) in [6, 6.07) is 9.99. The Morgan fingerprint density at radius 3 is 2.60 bits per heavy atom. The van der Waals surface area contributed by atoms with Crippen molar-refractivity contribution in [1.82, 2.24) is 10.3 Å². The van der Waals surface area contributed by atoms with Gasteiger partial charge in [0.1, 0.15) is 0 Å². The van der Waals surface area contributed by atoms with Crippen LogP contribution in [-0.4, -0.2) is 16.1 Å². The molecule has 0 radical (unpaired) electrons. The summed E-state index contributed by atoms with van der Waals surface area (Å²) in [6.45, 7) is 5.87. The normalized spacial score (nSPS) is 13.8. The van der Waals surface area contributed by atoms with Gasteiger partial charge in [-0.2, -0.15) is 0 Å². The summed E-state index contributed by atoms with van der Waals surface area (Å²) in [5.74, 6) is 0.0409. The summed E-state index contributed by atoms with van der Waals surface area (Å²) in [5.41, 5.74) is 2.12. The maximum absolute atomic E-state index is 12.2. The number of nitrogens with one attached hydrogen (secondary N) is 1. The third-order valence-corrected chi connectivity index (χ3v) is 5.09. The maximum Gasteiger partial charge on any atom is 0.233 e. The van der Waals surface area contributed by atoms with Crippen molar-refractivity contribution in [3.05, 3.63) is 47.0 Å². The van der Waals surface area contributed by atoms with Crippen LogP contribution in [0.15, 0.2) is 40.1 Å². The number of thiazole rings is 1. The molecule has 5 heteroatoms. The zero-order valence-electron chi connectivity index (χ0n) is 11.8. The second-order valence-corrected chi connectivity index (χ2v) is 7.10. The van der Waals surface area contributed by atoms with Crippen LogP contribution in [0.2, 0.25) is 0 Å². The molecule has 2 aromatic rings. The molecule has 0 saturated carbocycles. The van der Waals surface area contributed by atoms with Gasteiger partial charge < -0.3 is 5.32 Å². The summed E-state index contributed by atoms with van der Waals surface area (Å²) in [4.78, 5) is 16.6. The highest BCUT2D eigenvalue weighted by atomic mass is 32.2. The Morgan fingerprint density at radius 1 is 1.30 bits per heavy atom. The van der Waals surface area contributed by atoms with Crippen LogP contribution in [0.4, 0.5) is 0 Å². The molecule has 0 aliphatic heterocycles. The fraction of sp³-hybridized carbons (Fsp3) is 0.333. The van der Waals surface area contributed by atoms with Crippen molar-refractivity contribution in [2.24, 2.45) is 0 Å². The zero-order chi connectivity index (χ0) is 14.5. The van der Waals surface area contributed by atoms with Gasteiger partial charge in [0.25, 0.3) is 0 Å². The SMILES string of the molecule is Cc1csc(S[C@H](C)C(=O)N[C@H](C)c2ccccc2)n1. The molecule has 20 heavy (non-hydrogen) atoms. The Bertz CT molecular complexity index is 568. The van der Waals surface area contributed by atoms with Gasteiger partial charge in [-0.3, -0.25) is 4.79 Å². The Morgan fingerprint density at radius 2 is 2.00 bits per heavy atom. The first kappa shape index (κ1) is 15.1. The van der Waals surface area contributed by atoms with E-state index in [2.05, 4.69) is 10.3 Å². The second-order valence-electron chi connectivity index (χ2n) is 4.66. The molecule has 0 fully saturated rings. The lowest BCUT2D eigenvalue weighted by molar-refractivity contribution is -0.120. The molecule has 1 aromatic heterocycles. The minimum Gasteiger partial charge on any atom is -0.349 e. The summed E-state index contributed by atoms with van der Waals surface area (Å²) >= 11 is 3.09. The van der Waals surface area contributed by atoms with E-state index in [0.29, 0.717) is 0 Å². The van der Waals surface area contributed by atoms with Crippen LogP contribution in [0.1, 0.15) is 31.1 Å². The standard InChI is InChI=1S/C15H18N2OS2/c1-10-9-19-15(16-10)20-12(3)14(18)17-11(2)13-7-5-4-6-8-13/h4-9,11-12H,1-3H3,(H,17,18)/t11-,12-/m1/s1. The molecular weight excluding hydrogens is 288 g/mol. The first-order chi connectivity index (χ1) is 9.56. The molecule has 0 saturated heterocycles. The highest BCUT2D eigenvalue weighted by molar-refractivity contribution is 8.02. The van der Waals surface area contributed by atoms with Crippen LogP contribution >= 0.6 is 23.1 Å². The highest BCUT2D eigenvalue weighted by Gasteiger charge is 2.18. The molecule has 0 aliphatic rings. The van der Waals surface area contributed by atoms with Crippen molar-refractivity contribution in [3.63, 3.8) is 0 Å². The van der Waals surface area contributed by atoms with Crippen molar-refractivity contribution < 1.29 is 4.79 Å². The van der Waals surface area contributed by atoms with Gasteiger partial charge in [-0.25, -0.2) is 4.98 Å². The predicted molar refractivity (Wildman–Crippen MR) is 85.2 cm³/mol. The van der Waals surface area contributed by atoms with E-state index in [1.54, 1.807) is 11.3 Å². The maximum atomic E-state index is 12.2. The zero-order valence-corrected chi connectivity index (χ0v) is 13.4. The van der Waals surface area contributed by atoms with Crippen LogP contribution in [0.5, 0.6) is 0 Å². The number of amides is 1. The third-order valence-electron chi connectivity index (χ3n) is 2.90. The van der Waals surface area contributed by atoms with E-state index in [1.165, 1.54) is 11.8 Å². The average molecular weight is 306 g/mol. The quantitative estimate of drug-likeness (QED) is 0.854. The lowest BCUT2D eigenvalue weighted by atomic mass is 10.1. The predicted octanol–water partition coefficient (Wildman–Crippen LogP) is 3.81. The Kier molecular flexibility index (Phi) is 5.20. The van der Waals surface area contributed by atoms with Crippen molar-refractivity contribution >= 4 is 29.0 Å². The number of carbonyl (C=O) groups is 1. The molecular formula is C15H18N2OS2. The van der Waals surface area contributed by atoms with Crippen LogP contribution in [0.25, 0.3) is 0 Å². The van der Waals surface area contributed by atoms with Crippen LogP contribution in [0, 0.1) is 6.92 Å². The number of hydrogen-bond acceptors (Lipinski definition) is 4. The molecule has 1 amide bonds. The molecule has 0 spiro atoms. The number of benzene rings is 1. The summed E-state index contributed by atoms with van der Waals surface area (Å²) < 4.78 is 0.942. The number of aromatic nitrogens is 1. The van der Waals surface area contributed by atoms with E-state index >= 15 is 0 Å². The van der Waals surface area contributed by atoms with E-state index < -0.39 is 0 Å². The largest absolute Gasteiger partial charge is 0.349 e. The summed E-state index contributed by atoms with van der Waals surface area (Å²) in [7, 11) is 0. The molecule has 0 unspecified atom stereocenters. The van der Waals surface area contributed by atoms with Gasteiger partial charge in [-0.05, 0) is 26.3 Å². The molecule has 1 heterocycles. The molecule has 0 bridgehead atoms. The molecule has 2 atom stereocenters. The Labute approximate surface area is 127 Å². The molecule has 1 aromatic carbocycles. The van der Waals surface area contributed by atoms with Gasteiger partial charge in [0.05, 0.1) is 11.3 Å². The van der Waals surface area contributed by atoms with Crippen molar-refractivity contribution in [1.29, 1.82) is 0 Å². The number of thioether (sulfide) groups is 1. The second kappa shape index (κ2) is 6.90. The molecule has 2 rings (SSSR count). The van der Waals surface area contributed by atoms with E-state index in [0.717, 1.165) is 15.6 Å². The Hall–Kier alpha value is -1.33. The molecule has 106 valence electrons. The van der Waals surface area contributed by atoms with Crippen molar-refractivity contribution in [2.75, 3.05) is 0 Å². The van der Waals surface area contributed by atoms with Crippen molar-refractivity contribution in [2.45, 2.75) is 36.4 Å². The lowest BCUT2D eigenvalue weighted by Gasteiger charge is -2.17. The van der Waals surface area contributed by atoms with Crippen LogP contribution in [0.3, 0.4) is 0 Å². The Balaban J connectivity index is 1.91. The fourth-order valence-electron chi connectivity index (χ4n) is 1.75. The van der Waals surface area contributed by atoms with E-state index in [1.807, 2.05) is 56.5 Å². The summed E-state index contributed by atoms with van der Waals surface area (Å²) in [5, 5.41) is 4.89. The van der Waals surface area contributed by atoms with Crippen molar-refractivity contribution in [3.8, 4) is 0 Å². The number of rotatable bonds is 5. The number of carbonyl (C=O) groups excluding carboxylic acids is 1. The van der Waals surface area contributed by atoms with Crippen LogP contribution in [-0.2, 0) is 4.79 Å². The minimum absolute atomic E-state index is 0.0183. The first-order valence-corrected chi connectivity index (χ1v) is 8.26. The van der Waals surface area contributed by atoms with Gasteiger partial charge in [-0.15, -0.1) is 11.3 Å². The topological polar surface area (TPSA) is 42.0 Å². The van der Waals surface area contributed by atoms with E-state index in [4.69, 9.17) is 0 Å². The number of nitrogens with zero attached hydrogens (tertiary/aromatic N) is 1. The number of aryl methyl sites for hydroxylation is 1. The molecule has 1 N–H and O–H groups in total. The number of hydrogen-bond donors (Lipinski definition) is 1. The monoisotopic (exact) mass is 306 g/mol. The van der Waals surface area contributed by atoms with Crippen LogP contribution < -0.4 is 5.32 Å². The summed E-state index contributed by atoms with van der Waals surface area (Å²) in [6.07, 6.45) is 0. The third kappa shape index (κ3) is 4.08. The smallest absolute Gasteiger partial charge is 0.233 e. The van der Waals surface area contributed by atoms with Gasteiger partial charge in [0, 0.05) is 11.1 Å². The fourth-order valence-corrected chi connectivity index (χ4v) is 3.74. The average Bonchev–Trinajstić information content (AvgIpc) is 2.85. The van der Waals surface area contributed by atoms with E-state index in [-0.39, 0.29) is 17.2 Å². The van der Waals surface area contributed by atoms with Gasteiger partial charge in [0.15, 0.2) is 4.34 Å². The van der Waals surface area contributed by atoms with Gasteiger partial charge in [0.2, 0.25) is 5.91 Å². The molecule has 0 aliphatic carbocycles. The molecule has 3 nitrogen and oxygen atoms in total. The minimum atomic E-state index is -0.147. The first-order valence-electron chi connectivity index (χ1n) is 6.50. The van der Waals surface area contributed by atoms with Gasteiger partial charge >= 0.3 is 0 Å². The van der Waals surface area contributed by atoms with Gasteiger partial charge in [-0.1, -0.05) is 42.1 Å². The lowest BCUT2D eigenvalue weighted by Crippen LogP contribution is -2.33. The highest BCUT2D eigenvalue weighted by Crippen LogP contribution is 2.27. The van der Waals surface area contributed by atoms with E-state index in [9.17, 15) is 4.79 Å².